The fraction of sp³-hybridized carbons (Fsp3) is 0.250. The van der Waals surface area contributed by atoms with E-state index >= 15 is 0 Å². The topological polar surface area (TPSA) is 32.7 Å². The van der Waals surface area contributed by atoms with E-state index < -0.39 is 0 Å². The summed E-state index contributed by atoms with van der Waals surface area (Å²) in [6, 6.07) is -0.364. The second-order valence-electron chi connectivity index (χ2n) is 1.77. The van der Waals surface area contributed by atoms with Gasteiger partial charge in [0.15, 0.2) is 0 Å². The molecule has 0 heterocycles. The Kier molecular flexibility index (Phi) is 4.73. The zero-order valence-corrected chi connectivity index (χ0v) is 6.66. The molecule has 0 aliphatic rings. The minimum Gasteiger partial charge on any atom is -0.276 e. The third-order valence-electron chi connectivity index (χ3n) is 0.999. The highest BCUT2D eigenvalue weighted by molar-refractivity contribution is 5.84. The first-order chi connectivity index (χ1) is 5.26. The van der Waals surface area contributed by atoms with E-state index in [0.717, 1.165) is 6.42 Å². The molecule has 60 valence electrons. The SMILES string of the molecule is C=CN(C=C)C(=O)N=CCC. The molecule has 0 spiro atoms. The van der Waals surface area contributed by atoms with Crippen LogP contribution >= 0.6 is 0 Å². The molecule has 0 radical (unpaired) electrons. The van der Waals surface area contributed by atoms with Crippen molar-refractivity contribution in [3.63, 3.8) is 0 Å². The first-order valence-corrected chi connectivity index (χ1v) is 3.36. The minimum atomic E-state index is -0.364. The number of hydrogen-bond donors (Lipinski definition) is 0. The Morgan fingerprint density at radius 1 is 1.55 bits per heavy atom. The zero-order valence-electron chi connectivity index (χ0n) is 6.66. The predicted molar refractivity (Wildman–Crippen MR) is 46.4 cm³/mol. The van der Waals surface area contributed by atoms with Crippen molar-refractivity contribution < 1.29 is 4.79 Å². The van der Waals surface area contributed by atoms with Crippen LogP contribution < -0.4 is 0 Å². The molecule has 0 bridgehead atoms. The molecule has 3 heteroatoms. The Balaban J connectivity index is 4.09. The van der Waals surface area contributed by atoms with Gasteiger partial charge < -0.3 is 0 Å². The molecule has 0 N–H and O–H groups in total. The van der Waals surface area contributed by atoms with Crippen molar-refractivity contribution in [2.75, 3.05) is 0 Å². The molecule has 0 saturated carbocycles. The van der Waals surface area contributed by atoms with Gasteiger partial charge in [-0.2, -0.15) is 0 Å². The number of aliphatic imine (C=N–C) groups is 1. The number of amides is 2. The van der Waals surface area contributed by atoms with Gasteiger partial charge in [0.05, 0.1) is 0 Å². The number of urea groups is 1. The second kappa shape index (κ2) is 5.41. The molecule has 11 heavy (non-hydrogen) atoms. The minimum absolute atomic E-state index is 0.364. The third-order valence-corrected chi connectivity index (χ3v) is 0.999. The molecule has 0 rings (SSSR count). The van der Waals surface area contributed by atoms with E-state index in [1.807, 2.05) is 6.92 Å². The van der Waals surface area contributed by atoms with Crippen LogP contribution in [0.4, 0.5) is 4.79 Å². The van der Waals surface area contributed by atoms with Crippen LogP contribution in [0.1, 0.15) is 13.3 Å². The van der Waals surface area contributed by atoms with Gasteiger partial charge in [-0.15, -0.1) is 0 Å². The van der Waals surface area contributed by atoms with E-state index in [2.05, 4.69) is 18.2 Å². The summed E-state index contributed by atoms with van der Waals surface area (Å²) in [5.41, 5.74) is 0. The molecule has 0 aliphatic carbocycles. The lowest BCUT2D eigenvalue weighted by molar-refractivity contribution is 0.236. The van der Waals surface area contributed by atoms with Crippen molar-refractivity contribution in [3.05, 3.63) is 25.6 Å². The average molecular weight is 152 g/mol. The fourth-order valence-corrected chi connectivity index (χ4v) is 0.467. The smallest absolute Gasteiger partial charge is 0.276 e. The van der Waals surface area contributed by atoms with E-state index in [4.69, 9.17) is 0 Å². The van der Waals surface area contributed by atoms with E-state index in [1.54, 1.807) is 6.21 Å². The monoisotopic (exact) mass is 152 g/mol. The Morgan fingerprint density at radius 2 is 2.09 bits per heavy atom. The molecule has 0 unspecified atom stereocenters. The number of carbonyl (C=O) groups excluding carboxylic acids is 1. The Bertz CT molecular complexity index is 177. The number of rotatable bonds is 3. The lowest BCUT2D eigenvalue weighted by atomic mass is 10.5. The molecular weight excluding hydrogens is 140 g/mol. The molecule has 3 nitrogen and oxygen atoms in total. The normalized spacial score (nSPS) is 9.55. The van der Waals surface area contributed by atoms with Crippen LogP contribution in [0, 0.1) is 0 Å². The van der Waals surface area contributed by atoms with E-state index in [0.29, 0.717) is 0 Å². The van der Waals surface area contributed by atoms with Gasteiger partial charge in [-0.3, -0.25) is 4.90 Å². The standard InChI is InChI=1S/C8H12N2O/c1-4-7-9-8(11)10(5-2)6-3/h5-7H,2-4H2,1H3. The fourth-order valence-electron chi connectivity index (χ4n) is 0.467. The molecule has 0 saturated heterocycles. The summed E-state index contributed by atoms with van der Waals surface area (Å²) in [5.74, 6) is 0. The zero-order chi connectivity index (χ0) is 8.69. The average Bonchev–Trinajstić information content (AvgIpc) is 2.03. The molecule has 2 amide bonds. The summed E-state index contributed by atoms with van der Waals surface area (Å²) in [7, 11) is 0. The number of hydrogen-bond acceptors (Lipinski definition) is 1. The number of carbonyl (C=O) groups is 1. The van der Waals surface area contributed by atoms with Gasteiger partial charge >= 0.3 is 6.03 Å². The van der Waals surface area contributed by atoms with E-state index in [1.165, 1.54) is 17.3 Å². The summed E-state index contributed by atoms with van der Waals surface area (Å²) < 4.78 is 0. The van der Waals surface area contributed by atoms with Crippen molar-refractivity contribution in [2.45, 2.75) is 13.3 Å². The van der Waals surface area contributed by atoms with Crippen molar-refractivity contribution in [3.8, 4) is 0 Å². The van der Waals surface area contributed by atoms with Crippen molar-refractivity contribution >= 4 is 12.2 Å². The van der Waals surface area contributed by atoms with E-state index in [9.17, 15) is 4.79 Å². The van der Waals surface area contributed by atoms with Gasteiger partial charge in [0.2, 0.25) is 0 Å². The second-order valence-corrected chi connectivity index (χ2v) is 1.77. The van der Waals surface area contributed by atoms with Crippen LogP contribution in [0.2, 0.25) is 0 Å². The van der Waals surface area contributed by atoms with Gasteiger partial charge in [0.25, 0.3) is 0 Å². The quantitative estimate of drug-likeness (QED) is 0.570. The molecule has 0 atom stereocenters. The maximum absolute atomic E-state index is 10.9. The Hall–Kier alpha value is -1.38. The van der Waals surface area contributed by atoms with Gasteiger partial charge in [0, 0.05) is 18.6 Å². The van der Waals surface area contributed by atoms with Crippen LogP contribution in [-0.4, -0.2) is 17.1 Å². The molecule has 0 aromatic carbocycles. The van der Waals surface area contributed by atoms with Crippen LogP contribution in [0.25, 0.3) is 0 Å². The summed E-state index contributed by atoms with van der Waals surface area (Å²) >= 11 is 0. The predicted octanol–water partition coefficient (Wildman–Crippen LogP) is 2.18. The van der Waals surface area contributed by atoms with Gasteiger partial charge in [-0.25, -0.2) is 9.79 Å². The van der Waals surface area contributed by atoms with E-state index in [-0.39, 0.29) is 6.03 Å². The van der Waals surface area contributed by atoms with Crippen molar-refractivity contribution in [2.24, 2.45) is 4.99 Å². The third kappa shape index (κ3) is 3.35. The van der Waals surface area contributed by atoms with Crippen LogP contribution in [0.15, 0.2) is 30.6 Å². The van der Waals surface area contributed by atoms with Gasteiger partial charge in [0.1, 0.15) is 0 Å². The summed E-state index contributed by atoms with van der Waals surface area (Å²) in [6.07, 6.45) is 5.01. The highest BCUT2D eigenvalue weighted by atomic mass is 16.2. The van der Waals surface area contributed by atoms with Crippen LogP contribution in [-0.2, 0) is 0 Å². The van der Waals surface area contributed by atoms with Gasteiger partial charge in [-0.05, 0) is 6.42 Å². The summed E-state index contributed by atoms with van der Waals surface area (Å²) in [5, 5.41) is 0. The highest BCUT2D eigenvalue weighted by Gasteiger charge is 2.00. The summed E-state index contributed by atoms with van der Waals surface area (Å²) in [4.78, 5) is 15.8. The molecule has 0 fully saturated rings. The molecule has 0 aromatic heterocycles. The molecule has 0 aliphatic heterocycles. The Morgan fingerprint density at radius 3 is 2.45 bits per heavy atom. The van der Waals surface area contributed by atoms with Crippen molar-refractivity contribution in [1.29, 1.82) is 0 Å². The lowest BCUT2D eigenvalue weighted by Gasteiger charge is -2.06. The largest absolute Gasteiger partial charge is 0.351 e. The first kappa shape index (κ1) is 9.62. The van der Waals surface area contributed by atoms with Crippen LogP contribution in [0.3, 0.4) is 0 Å². The maximum atomic E-state index is 10.9. The Labute approximate surface area is 66.7 Å². The highest BCUT2D eigenvalue weighted by Crippen LogP contribution is 1.93. The molecule has 0 aromatic rings. The first-order valence-electron chi connectivity index (χ1n) is 3.36. The maximum Gasteiger partial charge on any atom is 0.351 e. The summed E-state index contributed by atoms with van der Waals surface area (Å²) in [6.45, 7) is 8.75. The number of nitrogens with zero attached hydrogens (tertiary/aromatic N) is 2. The lowest BCUT2D eigenvalue weighted by Crippen LogP contribution is -2.14. The van der Waals surface area contributed by atoms with Crippen molar-refractivity contribution in [1.82, 2.24) is 4.90 Å². The van der Waals surface area contributed by atoms with Crippen LogP contribution in [0.5, 0.6) is 0 Å². The molecular formula is C8H12N2O. The van der Waals surface area contributed by atoms with Gasteiger partial charge in [-0.1, -0.05) is 20.1 Å².